The van der Waals surface area contributed by atoms with Crippen molar-refractivity contribution < 1.29 is 0 Å². The third kappa shape index (κ3) is 4.11. The number of nitrogens with two attached hydrogens (primary N) is 1. The molecule has 1 aromatic carbocycles. The Bertz CT molecular complexity index is 336. The van der Waals surface area contributed by atoms with Crippen molar-refractivity contribution in [1.29, 1.82) is 0 Å². The number of benzene rings is 1. The van der Waals surface area contributed by atoms with Crippen LogP contribution in [0.1, 0.15) is 44.2 Å². The fourth-order valence-electron chi connectivity index (χ4n) is 2.89. The third-order valence-corrected chi connectivity index (χ3v) is 3.96. The Hall–Kier alpha value is -0.860. The van der Waals surface area contributed by atoms with Crippen LogP contribution >= 0.6 is 0 Å². The molecule has 0 radical (unpaired) electrons. The maximum absolute atomic E-state index is 6.22. The molecule has 1 saturated heterocycles. The molecule has 1 fully saturated rings. The van der Waals surface area contributed by atoms with E-state index < -0.39 is 0 Å². The van der Waals surface area contributed by atoms with Crippen LogP contribution in [-0.4, -0.2) is 24.5 Å². The fraction of sp³-hybridized carbons (Fsp3) is 0.625. The summed E-state index contributed by atoms with van der Waals surface area (Å²) in [6.45, 7) is 6.14. The molecule has 0 aromatic heterocycles. The minimum atomic E-state index is 0.202. The van der Waals surface area contributed by atoms with Crippen LogP contribution < -0.4 is 5.73 Å². The molecule has 2 heteroatoms. The van der Waals surface area contributed by atoms with Gasteiger partial charge in [-0.25, -0.2) is 0 Å². The van der Waals surface area contributed by atoms with E-state index in [0.29, 0.717) is 0 Å². The number of nitrogens with zero attached hydrogens (tertiary/aromatic N) is 1. The summed E-state index contributed by atoms with van der Waals surface area (Å²) in [5, 5.41) is 0. The third-order valence-electron chi connectivity index (χ3n) is 3.96. The summed E-state index contributed by atoms with van der Waals surface area (Å²) in [6.07, 6.45) is 5.07. The molecule has 0 bridgehead atoms. The Morgan fingerprint density at radius 3 is 2.83 bits per heavy atom. The number of piperidine rings is 1. The molecule has 100 valence electrons. The van der Waals surface area contributed by atoms with Gasteiger partial charge in [0.15, 0.2) is 0 Å². The molecule has 1 heterocycles. The molecule has 0 amide bonds. The summed E-state index contributed by atoms with van der Waals surface area (Å²) in [5.74, 6) is 0.876. The second-order valence-corrected chi connectivity index (χ2v) is 5.71. The quantitative estimate of drug-likeness (QED) is 0.864. The zero-order valence-corrected chi connectivity index (χ0v) is 11.5. The molecule has 1 aliphatic rings. The topological polar surface area (TPSA) is 29.3 Å². The van der Waals surface area contributed by atoms with E-state index in [1.165, 1.54) is 44.5 Å². The molecule has 18 heavy (non-hydrogen) atoms. The lowest BCUT2D eigenvalue weighted by molar-refractivity contribution is 0.180. The first-order chi connectivity index (χ1) is 8.75. The predicted octanol–water partition coefficient (Wildman–Crippen LogP) is 3.20. The van der Waals surface area contributed by atoms with Crippen LogP contribution in [0, 0.1) is 5.92 Å². The Morgan fingerprint density at radius 1 is 1.33 bits per heavy atom. The summed E-state index contributed by atoms with van der Waals surface area (Å²) in [6, 6.07) is 10.7. The van der Waals surface area contributed by atoms with Crippen LogP contribution in [-0.2, 0) is 0 Å². The molecule has 1 aromatic rings. The van der Waals surface area contributed by atoms with Gasteiger partial charge in [-0.3, -0.25) is 0 Å². The SMILES string of the molecule is CC1CCCN(CCCC(N)c2ccccc2)C1. The Morgan fingerprint density at radius 2 is 2.11 bits per heavy atom. The van der Waals surface area contributed by atoms with Gasteiger partial charge in [-0.05, 0) is 50.3 Å². The summed E-state index contributed by atoms with van der Waals surface area (Å²) in [7, 11) is 0. The zero-order valence-electron chi connectivity index (χ0n) is 11.5. The lowest BCUT2D eigenvalue weighted by Gasteiger charge is -2.31. The van der Waals surface area contributed by atoms with Gasteiger partial charge in [0.05, 0.1) is 0 Å². The van der Waals surface area contributed by atoms with Gasteiger partial charge in [0.2, 0.25) is 0 Å². The first kappa shape index (κ1) is 13.6. The number of hydrogen-bond acceptors (Lipinski definition) is 2. The maximum Gasteiger partial charge on any atom is 0.0295 e. The summed E-state index contributed by atoms with van der Waals surface area (Å²) >= 11 is 0. The molecule has 0 saturated carbocycles. The molecule has 2 atom stereocenters. The molecule has 2 rings (SSSR count). The normalized spacial score (nSPS) is 22.9. The van der Waals surface area contributed by atoms with E-state index in [-0.39, 0.29) is 6.04 Å². The van der Waals surface area contributed by atoms with Crippen molar-refractivity contribution in [1.82, 2.24) is 4.90 Å². The van der Waals surface area contributed by atoms with Gasteiger partial charge in [-0.2, -0.15) is 0 Å². The molecule has 2 nitrogen and oxygen atoms in total. The Balaban J connectivity index is 1.69. The van der Waals surface area contributed by atoms with Gasteiger partial charge in [0.25, 0.3) is 0 Å². The van der Waals surface area contributed by atoms with Crippen molar-refractivity contribution in [2.75, 3.05) is 19.6 Å². The van der Waals surface area contributed by atoms with Crippen LogP contribution in [0.5, 0.6) is 0 Å². The molecule has 2 unspecified atom stereocenters. The lowest BCUT2D eigenvalue weighted by Crippen LogP contribution is -2.35. The van der Waals surface area contributed by atoms with E-state index in [1.54, 1.807) is 0 Å². The number of likely N-dealkylation sites (tertiary alicyclic amines) is 1. The predicted molar refractivity (Wildman–Crippen MR) is 77.4 cm³/mol. The summed E-state index contributed by atoms with van der Waals surface area (Å²) < 4.78 is 0. The molecule has 0 spiro atoms. The molecular weight excluding hydrogens is 220 g/mol. The smallest absolute Gasteiger partial charge is 0.0295 e. The Kier molecular flexibility index (Phi) is 5.21. The van der Waals surface area contributed by atoms with Crippen LogP contribution in [0.25, 0.3) is 0 Å². The first-order valence-electron chi connectivity index (χ1n) is 7.28. The van der Waals surface area contributed by atoms with E-state index in [2.05, 4.69) is 36.1 Å². The molecule has 0 aliphatic carbocycles. The number of rotatable bonds is 5. The standard InChI is InChI=1S/C16H26N2/c1-14-7-5-11-18(13-14)12-6-10-16(17)15-8-3-2-4-9-15/h2-4,8-9,14,16H,5-7,10-13,17H2,1H3. The summed E-state index contributed by atoms with van der Waals surface area (Å²) in [4.78, 5) is 2.60. The van der Waals surface area contributed by atoms with Crippen molar-refractivity contribution >= 4 is 0 Å². The van der Waals surface area contributed by atoms with Crippen LogP contribution in [0.4, 0.5) is 0 Å². The van der Waals surface area contributed by atoms with Crippen molar-refractivity contribution in [2.24, 2.45) is 11.7 Å². The molecular formula is C16H26N2. The first-order valence-corrected chi connectivity index (χ1v) is 7.28. The zero-order chi connectivity index (χ0) is 12.8. The highest BCUT2D eigenvalue weighted by Crippen LogP contribution is 2.18. The fourth-order valence-corrected chi connectivity index (χ4v) is 2.89. The average Bonchev–Trinajstić information content (AvgIpc) is 2.40. The van der Waals surface area contributed by atoms with Gasteiger partial charge < -0.3 is 10.6 Å². The highest BCUT2D eigenvalue weighted by Gasteiger charge is 2.15. The van der Waals surface area contributed by atoms with Gasteiger partial charge in [-0.1, -0.05) is 37.3 Å². The maximum atomic E-state index is 6.22. The lowest BCUT2D eigenvalue weighted by atomic mass is 9.99. The van der Waals surface area contributed by atoms with Gasteiger partial charge in [0, 0.05) is 12.6 Å². The Labute approximate surface area is 111 Å². The van der Waals surface area contributed by atoms with Crippen molar-refractivity contribution in [2.45, 2.75) is 38.6 Å². The van der Waals surface area contributed by atoms with E-state index in [1.807, 2.05) is 6.07 Å². The molecule has 2 N–H and O–H groups in total. The van der Waals surface area contributed by atoms with Gasteiger partial charge in [0.1, 0.15) is 0 Å². The largest absolute Gasteiger partial charge is 0.324 e. The van der Waals surface area contributed by atoms with E-state index in [0.717, 1.165) is 12.3 Å². The van der Waals surface area contributed by atoms with E-state index >= 15 is 0 Å². The monoisotopic (exact) mass is 246 g/mol. The highest BCUT2D eigenvalue weighted by atomic mass is 15.1. The highest BCUT2D eigenvalue weighted by molar-refractivity contribution is 5.18. The van der Waals surface area contributed by atoms with Crippen molar-refractivity contribution in [3.63, 3.8) is 0 Å². The minimum Gasteiger partial charge on any atom is -0.324 e. The molecule has 1 aliphatic heterocycles. The van der Waals surface area contributed by atoms with E-state index in [4.69, 9.17) is 5.73 Å². The van der Waals surface area contributed by atoms with Gasteiger partial charge in [-0.15, -0.1) is 0 Å². The summed E-state index contributed by atoms with van der Waals surface area (Å²) in [5.41, 5.74) is 7.49. The van der Waals surface area contributed by atoms with Crippen molar-refractivity contribution in [3.8, 4) is 0 Å². The second kappa shape index (κ2) is 6.91. The van der Waals surface area contributed by atoms with Crippen LogP contribution in [0.3, 0.4) is 0 Å². The second-order valence-electron chi connectivity index (χ2n) is 5.71. The average molecular weight is 246 g/mol. The minimum absolute atomic E-state index is 0.202. The van der Waals surface area contributed by atoms with Crippen LogP contribution in [0.15, 0.2) is 30.3 Å². The van der Waals surface area contributed by atoms with Crippen LogP contribution in [0.2, 0.25) is 0 Å². The van der Waals surface area contributed by atoms with E-state index in [9.17, 15) is 0 Å². The van der Waals surface area contributed by atoms with Gasteiger partial charge >= 0.3 is 0 Å². The van der Waals surface area contributed by atoms with Crippen molar-refractivity contribution in [3.05, 3.63) is 35.9 Å². The number of hydrogen-bond donors (Lipinski definition) is 1.